The minimum Gasteiger partial charge on any atom is -0.376 e. The largest absolute Gasteiger partial charge is 0.376 e. The van der Waals surface area contributed by atoms with E-state index in [1.165, 1.54) is 0 Å². The van der Waals surface area contributed by atoms with Crippen LogP contribution in [0.5, 0.6) is 0 Å². The number of rotatable bonds is 5. The molecule has 0 unspecified atom stereocenters. The van der Waals surface area contributed by atoms with Crippen molar-refractivity contribution < 1.29 is 9.32 Å². The van der Waals surface area contributed by atoms with Crippen molar-refractivity contribution in [1.29, 1.82) is 0 Å². The van der Waals surface area contributed by atoms with Gasteiger partial charge in [0.1, 0.15) is 0 Å². The van der Waals surface area contributed by atoms with Crippen LogP contribution >= 0.6 is 0 Å². The summed E-state index contributed by atoms with van der Waals surface area (Å²) in [5, 5.41) is 6.96. The molecular formula is C14H18N4O2. The molecule has 6 heteroatoms. The van der Waals surface area contributed by atoms with Crippen LogP contribution in [0.3, 0.4) is 0 Å². The van der Waals surface area contributed by atoms with Crippen molar-refractivity contribution >= 4 is 11.6 Å². The molecule has 0 aliphatic carbocycles. The smallest absolute Gasteiger partial charge is 0.245 e. The van der Waals surface area contributed by atoms with Crippen LogP contribution in [0.25, 0.3) is 0 Å². The lowest BCUT2D eigenvalue weighted by atomic mass is 10.1. The summed E-state index contributed by atoms with van der Waals surface area (Å²) in [6.45, 7) is 2.21. The van der Waals surface area contributed by atoms with E-state index in [9.17, 15) is 4.79 Å². The van der Waals surface area contributed by atoms with Crippen molar-refractivity contribution in [2.45, 2.75) is 19.9 Å². The summed E-state index contributed by atoms with van der Waals surface area (Å²) in [6, 6.07) is 7.70. The molecule has 1 aromatic carbocycles. The average molecular weight is 274 g/mol. The molecule has 1 heterocycles. The van der Waals surface area contributed by atoms with E-state index in [1.54, 1.807) is 25.9 Å². The van der Waals surface area contributed by atoms with Crippen LogP contribution in [0.15, 0.2) is 28.8 Å². The third-order valence-electron chi connectivity index (χ3n) is 2.86. The Morgan fingerprint density at radius 2 is 2.10 bits per heavy atom. The third-order valence-corrected chi connectivity index (χ3v) is 2.86. The van der Waals surface area contributed by atoms with Gasteiger partial charge in [0.15, 0.2) is 5.82 Å². The Balaban J connectivity index is 2.05. The first-order valence-electron chi connectivity index (χ1n) is 6.37. The van der Waals surface area contributed by atoms with E-state index in [0.29, 0.717) is 24.7 Å². The van der Waals surface area contributed by atoms with Gasteiger partial charge in [-0.1, -0.05) is 23.4 Å². The van der Waals surface area contributed by atoms with E-state index in [2.05, 4.69) is 15.5 Å². The summed E-state index contributed by atoms with van der Waals surface area (Å²) < 4.78 is 5.05. The highest BCUT2D eigenvalue weighted by molar-refractivity contribution is 5.80. The first kappa shape index (κ1) is 14.0. The maximum atomic E-state index is 11.8. The SMILES string of the molecule is Cc1noc(CNc2ccccc2CC(=O)N(C)C)n1. The number of para-hydroxylation sites is 1. The zero-order valence-corrected chi connectivity index (χ0v) is 11.9. The third kappa shape index (κ3) is 3.57. The quantitative estimate of drug-likeness (QED) is 0.897. The van der Waals surface area contributed by atoms with Crippen molar-refractivity contribution in [2.24, 2.45) is 0 Å². The maximum Gasteiger partial charge on any atom is 0.245 e. The van der Waals surface area contributed by atoms with Gasteiger partial charge in [0.05, 0.1) is 13.0 Å². The molecule has 1 amide bonds. The molecule has 0 aliphatic heterocycles. The highest BCUT2D eigenvalue weighted by Crippen LogP contribution is 2.17. The molecule has 6 nitrogen and oxygen atoms in total. The van der Waals surface area contributed by atoms with E-state index < -0.39 is 0 Å². The molecule has 0 saturated heterocycles. The van der Waals surface area contributed by atoms with Gasteiger partial charge in [0.2, 0.25) is 11.8 Å². The molecule has 2 rings (SSSR count). The number of aryl methyl sites for hydroxylation is 1. The normalized spacial score (nSPS) is 10.3. The minimum atomic E-state index is 0.0629. The van der Waals surface area contributed by atoms with E-state index in [-0.39, 0.29) is 5.91 Å². The van der Waals surface area contributed by atoms with Crippen LogP contribution in [0, 0.1) is 6.92 Å². The summed E-state index contributed by atoms with van der Waals surface area (Å²) in [4.78, 5) is 17.5. The molecule has 0 radical (unpaired) electrons. The average Bonchev–Trinajstić information content (AvgIpc) is 2.83. The van der Waals surface area contributed by atoms with Crippen molar-refractivity contribution in [2.75, 3.05) is 19.4 Å². The Labute approximate surface area is 117 Å². The molecule has 0 atom stereocenters. The zero-order valence-electron chi connectivity index (χ0n) is 11.9. The Morgan fingerprint density at radius 3 is 2.75 bits per heavy atom. The summed E-state index contributed by atoms with van der Waals surface area (Å²) >= 11 is 0. The van der Waals surface area contributed by atoms with E-state index in [1.807, 2.05) is 24.3 Å². The van der Waals surface area contributed by atoms with Crippen LogP contribution in [-0.4, -0.2) is 35.0 Å². The zero-order chi connectivity index (χ0) is 14.5. The van der Waals surface area contributed by atoms with Gasteiger partial charge in [0, 0.05) is 19.8 Å². The molecule has 1 aromatic heterocycles. The number of amides is 1. The molecule has 0 bridgehead atoms. The predicted molar refractivity (Wildman–Crippen MR) is 75.2 cm³/mol. The lowest BCUT2D eigenvalue weighted by Crippen LogP contribution is -2.23. The van der Waals surface area contributed by atoms with Gasteiger partial charge in [-0.25, -0.2) is 0 Å². The van der Waals surface area contributed by atoms with Crippen molar-refractivity contribution in [3.8, 4) is 0 Å². The number of nitrogens with zero attached hydrogens (tertiary/aromatic N) is 3. The topological polar surface area (TPSA) is 71.3 Å². The van der Waals surface area contributed by atoms with Crippen molar-refractivity contribution in [1.82, 2.24) is 15.0 Å². The molecule has 0 fully saturated rings. The van der Waals surface area contributed by atoms with Gasteiger partial charge < -0.3 is 14.7 Å². The number of carbonyl (C=O) groups is 1. The fraction of sp³-hybridized carbons (Fsp3) is 0.357. The molecule has 0 spiro atoms. The Hall–Kier alpha value is -2.37. The molecule has 106 valence electrons. The van der Waals surface area contributed by atoms with Crippen LogP contribution in [0.4, 0.5) is 5.69 Å². The molecule has 20 heavy (non-hydrogen) atoms. The fourth-order valence-electron chi connectivity index (χ4n) is 1.75. The minimum absolute atomic E-state index is 0.0629. The summed E-state index contributed by atoms with van der Waals surface area (Å²) in [6.07, 6.45) is 0.360. The van der Waals surface area contributed by atoms with Crippen molar-refractivity contribution in [3.05, 3.63) is 41.5 Å². The number of anilines is 1. The molecule has 1 N–H and O–H groups in total. The standard InChI is InChI=1S/C14H18N4O2/c1-10-16-13(20-17-10)9-15-12-7-5-4-6-11(12)8-14(19)18(2)3/h4-7,15H,8-9H2,1-3H3. The van der Waals surface area contributed by atoms with E-state index >= 15 is 0 Å². The highest BCUT2D eigenvalue weighted by atomic mass is 16.5. The first-order chi connectivity index (χ1) is 9.56. The van der Waals surface area contributed by atoms with Crippen LogP contribution in [0.1, 0.15) is 17.3 Å². The summed E-state index contributed by atoms with van der Waals surface area (Å²) in [7, 11) is 3.50. The Morgan fingerprint density at radius 1 is 1.35 bits per heavy atom. The number of aromatic nitrogens is 2. The predicted octanol–water partition coefficient (Wildman–Crippen LogP) is 1.62. The maximum absolute atomic E-state index is 11.8. The number of hydrogen-bond acceptors (Lipinski definition) is 5. The molecule has 2 aromatic rings. The second kappa shape index (κ2) is 6.18. The molecule has 0 saturated carbocycles. The van der Waals surface area contributed by atoms with E-state index in [0.717, 1.165) is 11.3 Å². The second-order valence-corrected chi connectivity index (χ2v) is 4.71. The molecule has 0 aliphatic rings. The van der Waals surface area contributed by atoms with Crippen molar-refractivity contribution in [3.63, 3.8) is 0 Å². The summed E-state index contributed by atoms with van der Waals surface area (Å²) in [5.41, 5.74) is 1.85. The molecular weight excluding hydrogens is 256 g/mol. The highest BCUT2D eigenvalue weighted by Gasteiger charge is 2.10. The van der Waals surface area contributed by atoms with Crippen LogP contribution in [0.2, 0.25) is 0 Å². The second-order valence-electron chi connectivity index (χ2n) is 4.71. The Bertz CT molecular complexity index is 592. The number of hydrogen-bond donors (Lipinski definition) is 1. The Kier molecular flexibility index (Phi) is 4.34. The number of likely N-dealkylation sites (N-methyl/N-ethyl adjacent to an activating group) is 1. The monoisotopic (exact) mass is 274 g/mol. The van der Waals surface area contributed by atoms with Crippen LogP contribution < -0.4 is 5.32 Å². The van der Waals surface area contributed by atoms with Crippen LogP contribution in [-0.2, 0) is 17.8 Å². The lowest BCUT2D eigenvalue weighted by Gasteiger charge is -2.13. The first-order valence-corrected chi connectivity index (χ1v) is 6.37. The van der Waals surface area contributed by atoms with Gasteiger partial charge >= 0.3 is 0 Å². The number of nitrogens with one attached hydrogen (secondary N) is 1. The number of benzene rings is 1. The number of carbonyl (C=O) groups excluding carboxylic acids is 1. The summed E-state index contributed by atoms with van der Waals surface area (Å²) in [5.74, 6) is 1.20. The van der Waals surface area contributed by atoms with Gasteiger partial charge in [-0.05, 0) is 18.6 Å². The van der Waals surface area contributed by atoms with Gasteiger partial charge in [0.25, 0.3) is 0 Å². The van der Waals surface area contributed by atoms with Gasteiger partial charge in [-0.2, -0.15) is 4.98 Å². The fourth-order valence-corrected chi connectivity index (χ4v) is 1.75. The lowest BCUT2D eigenvalue weighted by molar-refractivity contribution is -0.127. The van der Waals surface area contributed by atoms with Gasteiger partial charge in [-0.3, -0.25) is 4.79 Å². The van der Waals surface area contributed by atoms with E-state index in [4.69, 9.17) is 4.52 Å². The van der Waals surface area contributed by atoms with Gasteiger partial charge in [-0.15, -0.1) is 0 Å².